The molecule has 0 aliphatic carbocycles. The monoisotopic (exact) mass is 183 g/mol. The van der Waals surface area contributed by atoms with Gasteiger partial charge in [0.05, 0.1) is 26.1 Å². The van der Waals surface area contributed by atoms with E-state index in [0.717, 1.165) is 13.2 Å². The van der Waals surface area contributed by atoms with E-state index in [0.29, 0.717) is 19.8 Å². The molecule has 0 spiro atoms. The molecule has 0 aliphatic rings. The van der Waals surface area contributed by atoms with Gasteiger partial charge in [0, 0.05) is 19.3 Å². The summed E-state index contributed by atoms with van der Waals surface area (Å²) in [6.45, 7) is 5.57. The van der Waals surface area contributed by atoms with Crippen molar-refractivity contribution in [2.45, 2.75) is 13.5 Å². The molecule has 0 atom stereocenters. The molecule has 1 aromatic heterocycles. The fraction of sp³-hybridized carbons (Fsp3) is 0.667. The van der Waals surface area contributed by atoms with Gasteiger partial charge in [-0.2, -0.15) is 0 Å². The Morgan fingerprint density at radius 1 is 1.31 bits per heavy atom. The second kappa shape index (κ2) is 6.62. The third kappa shape index (κ3) is 4.65. The van der Waals surface area contributed by atoms with Gasteiger partial charge in [0.2, 0.25) is 0 Å². The van der Waals surface area contributed by atoms with E-state index in [4.69, 9.17) is 9.47 Å². The largest absolute Gasteiger partial charge is 0.379 e. The zero-order chi connectivity index (χ0) is 9.36. The smallest absolute Gasteiger partial charge is 0.108 e. The van der Waals surface area contributed by atoms with Crippen LogP contribution in [-0.2, 0) is 16.0 Å². The van der Waals surface area contributed by atoms with E-state index in [2.05, 4.69) is 11.2 Å². The first-order chi connectivity index (χ1) is 6.43. The van der Waals surface area contributed by atoms with Gasteiger partial charge in [0.15, 0.2) is 0 Å². The number of hydrogen-bond donors (Lipinski definition) is 0. The first kappa shape index (κ1) is 10.2. The molecule has 4 nitrogen and oxygen atoms in total. The lowest BCUT2D eigenvalue weighted by molar-refractivity contribution is 0.0497. The molecule has 73 valence electrons. The van der Waals surface area contributed by atoms with Gasteiger partial charge < -0.3 is 14.0 Å². The number of nitrogens with zero attached hydrogens (tertiary/aromatic N) is 2. The number of aromatic nitrogens is 2. The molecule has 4 heteroatoms. The number of imidazole rings is 1. The standard InChI is InChI=1S/C9H15N2O2/c1-2-12-7-8-13-6-5-11-4-3-10-9-11/h4,9H,2,5-8H2,1H3. The van der Waals surface area contributed by atoms with E-state index in [1.54, 1.807) is 12.5 Å². The Hall–Kier alpha value is -0.870. The predicted octanol–water partition coefficient (Wildman–Crippen LogP) is 0.736. The van der Waals surface area contributed by atoms with Gasteiger partial charge in [-0.15, -0.1) is 0 Å². The summed E-state index contributed by atoms with van der Waals surface area (Å²) in [4.78, 5) is 3.81. The van der Waals surface area contributed by atoms with E-state index in [9.17, 15) is 0 Å². The number of ether oxygens (including phenoxy) is 2. The summed E-state index contributed by atoms with van der Waals surface area (Å²) in [6, 6.07) is 0. The van der Waals surface area contributed by atoms with Crippen LogP contribution in [0.25, 0.3) is 0 Å². The first-order valence-corrected chi connectivity index (χ1v) is 4.46. The molecule has 0 bridgehead atoms. The van der Waals surface area contributed by atoms with Crippen LogP contribution < -0.4 is 0 Å². The maximum absolute atomic E-state index is 5.32. The van der Waals surface area contributed by atoms with Crippen molar-refractivity contribution < 1.29 is 9.47 Å². The second-order valence-electron chi connectivity index (χ2n) is 2.55. The summed E-state index contributed by atoms with van der Waals surface area (Å²) in [7, 11) is 0. The maximum Gasteiger partial charge on any atom is 0.108 e. The minimum atomic E-state index is 0.659. The Labute approximate surface area is 78.5 Å². The minimum absolute atomic E-state index is 0.659. The van der Waals surface area contributed by atoms with Crippen molar-refractivity contribution in [3.05, 3.63) is 18.7 Å². The maximum atomic E-state index is 5.32. The van der Waals surface area contributed by atoms with Crippen molar-refractivity contribution in [1.82, 2.24) is 9.55 Å². The summed E-state index contributed by atoms with van der Waals surface area (Å²) >= 11 is 0. The highest BCUT2D eigenvalue weighted by molar-refractivity contribution is 4.71. The molecule has 0 saturated carbocycles. The molecule has 0 unspecified atom stereocenters. The average molecular weight is 183 g/mol. The molecule has 0 aliphatic heterocycles. The Bertz CT molecular complexity index is 199. The molecule has 13 heavy (non-hydrogen) atoms. The lowest BCUT2D eigenvalue weighted by Gasteiger charge is -2.04. The highest BCUT2D eigenvalue weighted by Crippen LogP contribution is 1.86. The average Bonchev–Trinajstić information content (AvgIpc) is 2.63. The zero-order valence-corrected chi connectivity index (χ0v) is 7.90. The van der Waals surface area contributed by atoms with Gasteiger partial charge in [0.25, 0.3) is 0 Å². The van der Waals surface area contributed by atoms with Gasteiger partial charge >= 0.3 is 0 Å². The molecular weight excluding hydrogens is 168 g/mol. The summed E-state index contributed by atoms with van der Waals surface area (Å²) in [5.41, 5.74) is 0. The molecule has 1 rings (SSSR count). The van der Waals surface area contributed by atoms with Crippen LogP contribution in [0.15, 0.2) is 12.5 Å². The Balaban J connectivity index is 1.90. The van der Waals surface area contributed by atoms with Crippen molar-refractivity contribution in [2.75, 3.05) is 26.4 Å². The molecule has 1 radical (unpaired) electrons. The third-order valence-electron chi connectivity index (χ3n) is 1.57. The lowest BCUT2D eigenvalue weighted by Crippen LogP contribution is -2.08. The molecule has 0 amide bonds. The quantitative estimate of drug-likeness (QED) is 0.585. The summed E-state index contributed by atoms with van der Waals surface area (Å²) < 4.78 is 12.4. The summed E-state index contributed by atoms with van der Waals surface area (Å²) in [5, 5.41) is 0. The fourth-order valence-electron chi connectivity index (χ4n) is 0.905. The van der Waals surface area contributed by atoms with Crippen LogP contribution >= 0.6 is 0 Å². The van der Waals surface area contributed by atoms with E-state index < -0.39 is 0 Å². The SMILES string of the molecule is CCOCCOCCn1c[c]nc1. The molecule has 0 saturated heterocycles. The van der Waals surface area contributed by atoms with Gasteiger partial charge in [-0.3, -0.25) is 0 Å². The van der Waals surface area contributed by atoms with Crippen LogP contribution in [0.3, 0.4) is 0 Å². The van der Waals surface area contributed by atoms with Crippen molar-refractivity contribution in [2.24, 2.45) is 0 Å². The molecule has 1 heterocycles. The van der Waals surface area contributed by atoms with Crippen LogP contribution in [-0.4, -0.2) is 36.0 Å². The number of rotatable bonds is 7. The second-order valence-corrected chi connectivity index (χ2v) is 2.55. The van der Waals surface area contributed by atoms with Crippen molar-refractivity contribution >= 4 is 0 Å². The minimum Gasteiger partial charge on any atom is -0.379 e. The third-order valence-corrected chi connectivity index (χ3v) is 1.57. The van der Waals surface area contributed by atoms with Crippen LogP contribution in [0.2, 0.25) is 0 Å². The Morgan fingerprint density at radius 2 is 2.15 bits per heavy atom. The fourth-order valence-corrected chi connectivity index (χ4v) is 0.905. The van der Waals surface area contributed by atoms with Crippen LogP contribution in [0, 0.1) is 6.20 Å². The van der Waals surface area contributed by atoms with Crippen molar-refractivity contribution in [1.29, 1.82) is 0 Å². The topological polar surface area (TPSA) is 36.3 Å². The lowest BCUT2D eigenvalue weighted by atomic mass is 10.6. The van der Waals surface area contributed by atoms with E-state index in [1.807, 2.05) is 11.5 Å². The van der Waals surface area contributed by atoms with Gasteiger partial charge in [0.1, 0.15) is 6.20 Å². The normalized spacial score (nSPS) is 10.5. The Kier molecular flexibility index (Phi) is 5.20. The molecular formula is C9H15N2O2. The molecule has 0 aromatic carbocycles. The predicted molar refractivity (Wildman–Crippen MR) is 48.4 cm³/mol. The molecule has 1 aromatic rings. The molecule has 0 fully saturated rings. The molecule has 0 N–H and O–H groups in total. The first-order valence-electron chi connectivity index (χ1n) is 4.46. The van der Waals surface area contributed by atoms with E-state index in [-0.39, 0.29) is 0 Å². The van der Waals surface area contributed by atoms with Gasteiger partial charge in [-0.1, -0.05) is 0 Å². The summed E-state index contributed by atoms with van der Waals surface area (Å²) in [6.07, 6.45) is 6.25. The van der Waals surface area contributed by atoms with Crippen LogP contribution in [0.1, 0.15) is 6.92 Å². The van der Waals surface area contributed by atoms with Crippen molar-refractivity contribution in [3.8, 4) is 0 Å². The van der Waals surface area contributed by atoms with E-state index >= 15 is 0 Å². The summed E-state index contributed by atoms with van der Waals surface area (Å²) in [5.74, 6) is 0. The van der Waals surface area contributed by atoms with Gasteiger partial charge in [-0.05, 0) is 6.92 Å². The zero-order valence-electron chi connectivity index (χ0n) is 7.90. The Morgan fingerprint density at radius 3 is 2.85 bits per heavy atom. The van der Waals surface area contributed by atoms with Crippen LogP contribution in [0.4, 0.5) is 0 Å². The number of hydrogen-bond acceptors (Lipinski definition) is 3. The van der Waals surface area contributed by atoms with Gasteiger partial charge in [-0.25, -0.2) is 4.98 Å². The van der Waals surface area contributed by atoms with Crippen molar-refractivity contribution in [3.63, 3.8) is 0 Å². The van der Waals surface area contributed by atoms with E-state index in [1.165, 1.54) is 0 Å². The highest BCUT2D eigenvalue weighted by atomic mass is 16.5. The van der Waals surface area contributed by atoms with Crippen LogP contribution in [0.5, 0.6) is 0 Å². The highest BCUT2D eigenvalue weighted by Gasteiger charge is 1.90.